The van der Waals surface area contributed by atoms with E-state index in [1.807, 2.05) is 0 Å². The standard InChI is InChI=1S/C14H8ClF4NO3S/c1-20(7-4-11(17)13(19)12(18)5-7)14(21)9-6-8(24(15,22)23)2-3-10(9)16/h2-6H,1H3. The Morgan fingerprint density at radius 2 is 1.54 bits per heavy atom. The third-order valence-corrected chi connectivity index (χ3v) is 4.46. The van der Waals surface area contributed by atoms with Crippen molar-refractivity contribution in [3.63, 3.8) is 0 Å². The van der Waals surface area contributed by atoms with Crippen molar-refractivity contribution in [3.05, 3.63) is 59.2 Å². The van der Waals surface area contributed by atoms with Crippen molar-refractivity contribution in [2.24, 2.45) is 0 Å². The maximum atomic E-state index is 13.8. The lowest BCUT2D eigenvalue weighted by Gasteiger charge is -2.18. The summed E-state index contributed by atoms with van der Waals surface area (Å²) in [5.41, 5.74) is -1.08. The van der Waals surface area contributed by atoms with Gasteiger partial charge in [-0.15, -0.1) is 0 Å². The van der Waals surface area contributed by atoms with Gasteiger partial charge in [-0.3, -0.25) is 4.79 Å². The van der Waals surface area contributed by atoms with Crippen molar-refractivity contribution in [3.8, 4) is 0 Å². The molecule has 0 radical (unpaired) electrons. The summed E-state index contributed by atoms with van der Waals surface area (Å²) in [7, 11) is 1.96. The van der Waals surface area contributed by atoms with E-state index >= 15 is 0 Å². The van der Waals surface area contributed by atoms with Crippen LogP contribution in [-0.2, 0) is 9.05 Å². The fraction of sp³-hybridized carbons (Fsp3) is 0.0714. The minimum atomic E-state index is -4.22. The molecule has 4 nitrogen and oxygen atoms in total. The molecule has 0 aliphatic rings. The molecule has 0 N–H and O–H groups in total. The van der Waals surface area contributed by atoms with Crippen LogP contribution < -0.4 is 4.90 Å². The Balaban J connectivity index is 2.49. The molecule has 0 aromatic heterocycles. The second kappa shape index (κ2) is 6.40. The molecule has 0 saturated carbocycles. The lowest BCUT2D eigenvalue weighted by molar-refractivity contribution is 0.0989. The number of benzene rings is 2. The maximum absolute atomic E-state index is 13.8. The molecule has 0 heterocycles. The Morgan fingerprint density at radius 3 is 2.04 bits per heavy atom. The first kappa shape index (κ1) is 18.2. The van der Waals surface area contributed by atoms with E-state index < -0.39 is 54.4 Å². The van der Waals surface area contributed by atoms with Crippen molar-refractivity contribution in [2.45, 2.75) is 4.90 Å². The van der Waals surface area contributed by atoms with Crippen molar-refractivity contribution in [2.75, 3.05) is 11.9 Å². The van der Waals surface area contributed by atoms with E-state index in [9.17, 15) is 30.8 Å². The van der Waals surface area contributed by atoms with E-state index in [1.165, 1.54) is 0 Å². The number of hydrogen-bond donors (Lipinski definition) is 0. The SMILES string of the molecule is CN(C(=O)c1cc(S(=O)(=O)Cl)ccc1F)c1cc(F)c(F)c(F)c1. The third kappa shape index (κ3) is 3.51. The molecule has 0 atom stereocenters. The van der Waals surface area contributed by atoms with Crippen LogP contribution in [0.4, 0.5) is 23.2 Å². The smallest absolute Gasteiger partial charge is 0.261 e. The van der Waals surface area contributed by atoms with Gasteiger partial charge < -0.3 is 4.90 Å². The molecule has 0 unspecified atom stereocenters. The summed E-state index contributed by atoms with van der Waals surface area (Å²) in [4.78, 5) is 12.4. The number of carbonyl (C=O) groups is 1. The Morgan fingerprint density at radius 1 is 1.00 bits per heavy atom. The number of anilines is 1. The normalized spacial score (nSPS) is 11.4. The maximum Gasteiger partial charge on any atom is 0.261 e. The zero-order chi connectivity index (χ0) is 18.2. The molecule has 128 valence electrons. The highest BCUT2D eigenvalue weighted by atomic mass is 35.7. The summed E-state index contributed by atoms with van der Waals surface area (Å²) < 4.78 is 75.8. The van der Waals surface area contributed by atoms with E-state index in [4.69, 9.17) is 10.7 Å². The minimum Gasteiger partial charge on any atom is -0.311 e. The molecule has 0 saturated heterocycles. The highest BCUT2D eigenvalue weighted by Gasteiger charge is 2.23. The van der Waals surface area contributed by atoms with Gasteiger partial charge in [0.05, 0.1) is 10.5 Å². The number of amides is 1. The average molecular weight is 382 g/mol. The van der Waals surface area contributed by atoms with E-state index in [-0.39, 0.29) is 0 Å². The fourth-order valence-corrected chi connectivity index (χ4v) is 2.63. The van der Waals surface area contributed by atoms with Gasteiger partial charge in [-0.2, -0.15) is 0 Å². The lowest BCUT2D eigenvalue weighted by Crippen LogP contribution is -2.27. The van der Waals surface area contributed by atoms with Crippen molar-refractivity contribution < 1.29 is 30.8 Å². The van der Waals surface area contributed by atoms with Gasteiger partial charge in [0, 0.05) is 35.6 Å². The van der Waals surface area contributed by atoms with Gasteiger partial charge >= 0.3 is 0 Å². The molecule has 10 heteroatoms. The van der Waals surface area contributed by atoms with Gasteiger partial charge in [-0.1, -0.05) is 0 Å². The van der Waals surface area contributed by atoms with Gasteiger partial charge in [-0.05, 0) is 18.2 Å². The van der Waals surface area contributed by atoms with Gasteiger partial charge in [0.15, 0.2) is 17.5 Å². The molecule has 0 aliphatic heterocycles. The molecule has 0 fully saturated rings. The lowest BCUT2D eigenvalue weighted by atomic mass is 10.1. The highest BCUT2D eigenvalue weighted by molar-refractivity contribution is 8.13. The predicted molar refractivity (Wildman–Crippen MR) is 78.5 cm³/mol. The quantitative estimate of drug-likeness (QED) is 0.465. The van der Waals surface area contributed by atoms with E-state index in [0.717, 1.165) is 13.1 Å². The number of halogens is 5. The number of hydrogen-bond acceptors (Lipinski definition) is 3. The Labute approximate surface area is 138 Å². The molecule has 0 bridgehead atoms. The molecule has 0 spiro atoms. The van der Waals surface area contributed by atoms with Crippen molar-refractivity contribution in [1.29, 1.82) is 0 Å². The Bertz CT molecular complexity index is 911. The van der Waals surface area contributed by atoms with Crippen LogP contribution in [0.25, 0.3) is 0 Å². The highest BCUT2D eigenvalue weighted by Crippen LogP contribution is 2.24. The minimum absolute atomic E-state index is 0.394. The zero-order valence-corrected chi connectivity index (χ0v) is 13.4. The van der Waals surface area contributed by atoms with Gasteiger partial charge in [0.25, 0.3) is 15.0 Å². The van der Waals surface area contributed by atoms with Crippen LogP contribution in [0.1, 0.15) is 10.4 Å². The van der Waals surface area contributed by atoms with Crippen LogP contribution in [0.3, 0.4) is 0 Å². The molecule has 1 amide bonds. The van der Waals surface area contributed by atoms with Crippen LogP contribution >= 0.6 is 10.7 Å². The molecular weight excluding hydrogens is 374 g/mol. The summed E-state index contributed by atoms with van der Waals surface area (Å²) in [6.07, 6.45) is 0. The number of carbonyl (C=O) groups excluding carboxylic acids is 1. The Hall–Kier alpha value is -2.13. The van der Waals surface area contributed by atoms with Crippen LogP contribution in [0.15, 0.2) is 35.2 Å². The first-order valence-corrected chi connectivity index (χ1v) is 8.50. The topological polar surface area (TPSA) is 54.5 Å². The van der Waals surface area contributed by atoms with Crippen molar-refractivity contribution in [1.82, 2.24) is 0 Å². The van der Waals surface area contributed by atoms with Gasteiger partial charge in [0.2, 0.25) is 0 Å². The summed E-state index contributed by atoms with van der Waals surface area (Å²) in [5, 5.41) is 0. The first-order valence-electron chi connectivity index (χ1n) is 6.19. The largest absolute Gasteiger partial charge is 0.311 e. The molecular formula is C14H8ClF4NO3S. The van der Waals surface area contributed by atoms with Gasteiger partial charge in [0.1, 0.15) is 5.82 Å². The average Bonchev–Trinajstić information content (AvgIpc) is 2.50. The van der Waals surface area contributed by atoms with Crippen molar-refractivity contribution >= 4 is 31.3 Å². The van der Waals surface area contributed by atoms with E-state index in [2.05, 4.69) is 0 Å². The van der Waals surface area contributed by atoms with Crippen LogP contribution in [0.5, 0.6) is 0 Å². The second-order valence-corrected chi connectivity index (χ2v) is 7.23. The number of rotatable bonds is 3. The summed E-state index contributed by atoms with van der Waals surface area (Å²) in [6.45, 7) is 0. The van der Waals surface area contributed by atoms with E-state index in [1.54, 1.807) is 0 Å². The molecule has 2 aromatic rings. The van der Waals surface area contributed by atoms with Gasteiger partial charge in [-0.25, -0.2) is 26.0 Å². The zero-order valence-electron chi connectivity index (χ0n) is 11.9. The van der Waals surface area contributed by atoms with Crippen LogP contribution in [0, 0.1) is 23.3 Å². The predicted octanol–water partition coefficient (Wildman–Crippen LogP) is 3.45. The monoisotopic (exact) mass is 381 g/mol. The number of nitrogens with zero attached hydrogens (tertiary/aromatic N) is 1. The fourth-order valence-electron chi connectivity index (χ4n) is 1.85. The third-order valence-electron chi connectivity index (χ3n) is 3.11. The molecule has 2 aromatic carbocycles. The first-order chi connectivity index (χ1) is 11.0. The summed E-state index contributed by atoms with van der Waals surface area (Å²) in [5.74, 6) is -6.98. The Kier molecular flexibility index (Phi) is 4.86. The van der Waals surface area contributed by atoms with E-state index in [0.29, 0.717) is 29.2 Å². The molecule has 24 heavy (non-hydrogen) atoms. The molecule has 0 aliphatic carbocycles. The molecule has 2 rings (SSSR count). The second-order valence-electron chi connectivity index (χ2n) is 4.67. The van der Waals surface area contributed by atoms with Crippen LogP contribution in [-0.4, -0.2) is 21.4 Å². The summed E-state index contributed by atoms with van der Waals surface area (Å²) in [6, 6.07) is 3.33. The summed E-state index contributed by atoms with van der Waals surface area (Å²) >= 11 is 0. The van der Waals surface area contributed by atoms with Crippen LogP contribution in [0.2, 0.25) is 0 Å².